The van der Waals surface area contributed by atoms with Crippen LogP contribution >= 0.6 is 23.2 Å². The molecule has 3 aromatic carbocycles. The molecular formula is C22H14Cl2O3. The molecule has 27 heavy (non-hydrogen) atoms. The third-order valence-corrected chi connectivity index (χ3v) is 4.25. The van der Waals surface area contributed by atoms with Crippen molar-refractivity contribution in [2.24, 2.45) is 0 Å². The highest BCUT2D eigenvalue weighted by Gasteiger charge is 2.11. The second-order valence-electron chi connectivity index (χ2n) is 5.64. The van der Waals surface area contributed by atoms with Gasteiger partial charge in [0.05, 0.1) is 5.56 Å². The number of carbonyl (C=O) groups is 2. The minimum atomic E-state index is -0.503. The lowest BCUT2D eigenvalue weighted by molar-refractivity contribution is 0.0734. The lowest BCUT2D eigenvalue weighted by Crippen LogP contribution is -2.09. The highest BCUT2D eigenvalue weighted by atomic mass is 35.5. The second-order valence-corrected chi connectivity index (χ2v) is 6.51. The SMILES string of the molecule is O=C(/C=C/c1ccccc1OC(=O)c1ccc(Cl)cc1)c1ccc(Cl)cc1. The van der Waals surface area contributed by atoms with Crippen molar-refractivity contribution in [3.63, 3.8) is 0 Å². The van der Waals surface area contributed by atoms with Crippen LogP contribution in [-0.4, -0.2) is 11.8 Å². The fourth-order valence-corrected chi connectivity index (χ4v) is 2.58. The van der Waals surface area contributed by atoms with Gasteiger partial charge in [0, 0.05) is 21.2 Å². The maximum atomic E-state index is 12.3. The summed E-state index contributed by atoms with van der Waals surface area (Å²) in [6, 6.07) is 20.0. The predicted molar refractivity (Wildman–Crippen MR) is 108 cm³/mol. The number of hydrogen-bond acceptors (Lipinski definition) is 3. The van der Waals surface area contributed by atoms with E-state index in [4.69, 9.17) is 27.9 Å². The van der Waals surface area contributed by atoms with E-state index in [1.165, 1.54) is 6.08 Å². The number of ether oxygens (including phenoxy) is 1. The van der Waals surface area contributed by atoms with Gasteiger partial charge in [-0.05, 0) is 66.7 Å². The van der Waals surface area contributed by atoms with E-state index in [1.807, 2.05) is 0 Å². The van der Waals surface area contributed by atoms with E-state index in [2.05, 4.69) is 0 Å². The lowest BCUT2D eigenvalue weighted by Gasteiger charge is -2.07. The van der Waals surface area contributed by atoms with Crippen molar-refractivity contribution in [1.82, 2.24) is 0 Å². The van der Waals surface area contributed by atoms with Crippen molar-refractivity contribution in [2.45, 2.75) is 0 Å². The van der Waals surface area contributed by atoms with Gasteiger partial charge in [-0.1, -0.05) is 41.4 Å². The Hall–Kier alpha value is -2.88. The number of carbonyl (C=O) groups excluding carboxylic acids is 2. The van der Waals surface area contributed by atoms with E-state index in [0.717, 1.165) is 0 Å². The largest absolute Gasteiger partial charge is 0.422 e. The molecular weight excluding hydrogens is 383 g/mol. The molecule has 0 aliphatic carbocycles. The molecule has 0 heterocycles. The van der Waals surface area contributed by atoms with Crippen LogP contribution < -0.4 is 4.74 Å². The van der Waals surface area contributed by atoms with Gasteiger partial charge >= 0.3 is 5.97 Å². The lowest BCUT2D eigenvalue weighted by atomic mass is 10.1. The fourth-order valence-electron chi connectivity index (χ4n) is 2.33. The number of allylic oxidation sites excluding steroid dienone is 1. The Bertz CT molecular complexity index is 991. The smallest absolute Gasteiger partial charge is 0.343 e. The third-order valence-electron chi connectivity index (χ3n) is 3.74. The predicted octanol–water partition coefficient (Wildman–Crippen LogP) is 6.11. The Morgan fingerprint density at radius 1 is 0.741 bits per heavy atom. The average Bonchev–Trinajstić information content (AvgIpc) is 2.68. The van der Waals surface area contributed by atoms with Crippen LogP contribution in [0.1, 0.15) is 26.3 Å². The summed E-state index contributed by atoms with van der Waals surface area (Å²) in [7, 11) is 0. The van der Waals surface area contributed by atoms with Crippen LogP contribution in [0.5, 0.6) is 5.75 Å². The minimum absolute atomic E-state index is 0.175. The van der Waals surface area contributed by atoms with Crippen molar-refractivity contribution in [1.29, 1.82) is 0 Å². The van der Waals surface area contributed by atoms with Crippen molar-refractivity contribution >= 4 is 41.0 Å². The van der Waals surface area contributed by atoms with E-state index in [-0.39, 0.29) is 5.78 Å². The molecule has 0 radical (unpaired) electrons. The van der Waals surface area contributed by atoms with Gasteiger partial charge in [-0.15, -0.1) is 0 Å². The third kappa shape index (κ3) is 5.07. The van der Waals surface area contributed by atoms with Crippen LogP contribution in [0.3, 0.4) is 0 Å². The van der Waals surface area contributed by atoms with Crippen LogP contribution in [-0.2, 0) is 0 Å². The van der Waals surface area contributed by atoms with Gasteiger partial charge in [-0.25, -0.2) is 4.79 Å². The summed E-state index contributed by atoms with van der Waals surface area (Å²) < 4.78 is 5.46. The first-order chi connectivity index (χ1) is 13.0. The summed E-state index contributed by atoms with van der Waals surface area (Å²) in [5.41, 5.74) is 1.52. The summed E-state index contributed by atoms with van der Waals surface area (Å²) in [6.07, 6.45) is 3.04. The summed E-state index contributed by atoms with van der Waals surface area (Å²) in [4.78, 5) is 24.6. The van der Waals surface area contributed by atoms with Gasteiger partial charge < -0.3 is 4.74 Å². The number of halogens is 2. The first-order valence-corrected chi connectivity index (χ1v) is 8.83. The van der Waals surface area contributed by atoms with Gasteiger partial charge in [0.25, 0.3) is 0 Å². The standard InChI is InChI=1S/C22H14Cl2O3/c23-18-10-5-15(6-11-18)20(25)14-9-16-3-1-2-4-21(16)27-22(26)17-7-12-19(24)13-8-17/h1-14H/b14-9+. The molecule has 0 saturated carbocycles. The van der Waals surface area contributed by atoms with Crippen LogP contribution in [0.4, 0.5) is 0 Å². The zero-order valence-electron chi connectivity index (χ0n) is 14.1. The molecule has 0 aromatic heterocycles. The summed E-state index contributed by atoms with van der Waals surface area (Å²) in [6.45, 7) is 0. The van der Waals surface area contributed by atoms with Gasteiger partial charge in [-0.3, -0.25) is 4.79 Å². The van der Waals surface area contributed by atoms with Crippen LogP contribution in [0.15, 0.2) is 78.9 Å². The van der Waals surface area contributed by atoms with Crippen molar-refractivity contribution in [2.75, 3.05) is 0 Å². The summed E-state index contributed by atoms with van der Waals surface area (Å²) in [5.74, 6) is -0.320. The summed E-state index contributed by atoms with van der Waals surface area (Å²) in [5, 5.41) is 1.10. The Morgan fingerprint density at radius 3 is 1.93 bits per heavy atom. The van der Waals surface area contributed by atoms with Gasteiger partial charge in [0.1, 0.15) is 5.75 Å². The molecule has 0 N–H and O–H groups in total. The molecule has 0 saturated heterocycles. The van der Waals surface area contributed by atoms with Gasteiger partial charge in [0.2, 0.25) is 0 Å². The van der Waals surface area contributed by atoms with Crippen molar-refractivity contribution in [3.8, 4) is 5.75 Å². The van der Waals surface area contributed by atoms with Gasteiger partial charge in [-0.2, -0.15) is 0 Å². The minimum Gasteiger partial charge on any atom is -0.422 e. The highest BCUT2D eigenvalue weighted by Crippen LogP contribution is 2.22. The molecule has 3 nitrogen and oxygen atoms in total. The van der Waals surface area contributed by atoms with E-state index in [9.17, 15) is 9.59 Å². The maximum Gasteiger partial charge on any atom is 0.343 e. The summed E-state index contributed by atoms with van der Waals surface area (Å²) >= 11 is 11.7. The number of rotatable bonds is 5. The first-order valence-electron chi connectivity index (χ1n) is 8.08. The zero-order valence-corrected chi connectivity index (χ0v) is 15.6. The number of esters is 1. The molecule has 134 valence electrons. The molecule has 0 aliphatic rings. The van der Waals surface area contributed by atoms with E-state index >= 15 is 0 Å². The van der Waals surface area contributed by atoms with Gasteiger partial charge in [0.15, 0.2) is 5.78 Å². The van der Waals surface area contributed by atoms with Crippen molar-refractivity contribution < 1.29 is 14.3 Å². The quantitative estimate of drug-likeness (QED) is 0.226. The Morgan fingerprint density at radius 2 is 1.30 bits per heavy atom. The molecule has 0 spiro atoms. The first kappa shape index (κ1) is 18.9. The molecule has 0 bridgehead atoms. The molecule has 0 aliphatic heterocycles. The number of benzene rings is 3. The maximum absolute atomic E-state index is 12.3. The topological polar surface area (TPSA) is 43.4 Å². The van der Waals surface area contributed by atoms with Crippen molar-refractivity contribution in [3.05, 3.63) is 106 Å². The van der Waals surface area contributed by atoms with E-state index in [1.54, 1.807) is 78.9 Å². The second kappa shape index (κ2) is 8.67. The number of hydrogen-bond donors (Lipinski definition) is 0. The molecule has 0 atom stereocenters. The highest BCUT2D eigenvalue weighted by molar-refractivity contribution is 6.31. The van der Waals surface area contributed by atoms with E-state index in [0.29, 0.717) is 32.5 Å². The number of para-hydroxylation sites is 1. The monoisotopic (exact) mass is 396 g/mol. The fraction of sp³-hybridized carbons (Fsp3) is 0. The average molecular weight is 397 g/mol. The molecule has 3 aromatic rings. The Kier molecular flexibility index (Phi) is 6.07. The van der Waals surface area contributed by atoms with E-state index < -0.39 is 5.97 Å². The molecule has 0 fully saturated rings. The van der Waals surface area contributed by atoms with Crippen LogP contribution in [0, 0.1) is 0 Å². The molecule has 3 rings (SSSR count). The Labute approximate surface area is 166 Å². The Balaban J connectivity index is 1.77. The number of ketones is 1. The zero-order chi connectivity index (χ0) is 19.2. The molecule has 0 unspecified atom stereocenters. The van der Waals surface area contributed by atoms with Crippen LogP contribution in [0.2, 0.25) is 10.0 Å². The molecule has 0 amide bonds. The molecule has 5 heteroatoms. The van der Waals surface area contributed by atoms with Crippen LogP contribution in [0.25, 0.3) is 6.08 Å². The normalized spacial score (nSPS) is 10.7.